The predicted molar refractivity (Wildman–Crippen MR) is 103 cm³/mol. The number of sulfonamides is 1. The number of hydrogen-bond donors (Lipinski definition) is 1. The number of aryl methyl sites for hydroxylation is 2. The quantitative estimate of drug-likeness (QED) is 0.789. The van der Waals surface area contributed by atoms with Crippen molar-refractivity contribution in [2.45, 2.75) is 50.5 Å². The van der Waals surface area contributed by atoms with E-state index in [1.165, 1.54) is 4.31 Å². The summed E-state index contributed by atoms with van der Waals surface area (Å²) >= 11 is 0. The molecule has 10 heteroatoms. The fraction of sp³-hybridized carbons (Fsp3) is 0.765. The Morgan fingerprint density at radius 3 is 2.52 bits per heavy atom. The van der Waals surface area contributed by atoms with E-state index in [0.29, 0.717) is 37.0 Å². The topological polar surface area (TPSA) is 95.8 Å². The van der Waals surface area contributed by atoms with Crippen molar-refractivity contribution in [2.24, 2.45) is 5.92 Å². The Kier molecular flexibility index (Phi) is 7.29. The van der Waals surface area contributed by atoms with Gasteiger partial charge in [0.25, 0.3) is 0 Å². The minimum Gasteiger partial charge on any atom is -0.360 e. The second-order valence-electron chi connectivity index (χ2n) is 7.27. The van der Waals surface area contributed by atoms with Gasteiger partial charge in [-0.15, -0.1) is 12.4 Å². The highest BCUT2D eigenvalue weighted by Gasteiger charge is 2.38. The number of halogens is 1. The molecule has 154 valence electrons. The van der Waals surface area contributed by atoms with Crippen molar-refractivity contribution in [3.63, 3.8) is 0 Å². The van der Waals surface area contributed by atoms with Crippen molar-refractivity contribution in [3.05, 3.63) is 11.5 Å². The van der Waals surface area contributed by atoms with Crippen molar-refractivity contribution >= 4 is 28.3 Å². The molecule has 0 aromatic carbocycles. The summed E-state index contributed by atoms with van der Waals surface area (Å²) in [5, 5.41) is 7.00. The first-order chi connectivity index (χ1) is 12.3. The van der Waals surface area contributed by atoms with E-state index in [2.05, 4.69) is 10.5 Å². The third-order valence-corrected chi connectivity index (χ3v) is 7.55. The molecule has 2 fully saturated rings. The number of amides is 1. The van der Waals surface area contributed by atoms with Crippen molar-refractivity contribution in [1.82, 2.24) is 19.7 Å². The first-order valence-electron chi connectivity index (χ1n) is 9.23. The maximum absolute atomic E-state index is 13.0. The van der Waals surface area contributed by atoms with Gasteiger partial charge in [0.05, 0.1) is 5.92 Å². The first-order valence-corrected chi connectivity index (χ1v) is 10.7. The number of likely N-dealkylation sites (tertiary alicyclic amines) is 1. The third-order valence-electron chi connectivity index (χ3n) is 5.44. The van der Waals surface area contributed by atoms with Crippen LogP contribution >= 0.6 is 12.4 Å². The van der Waals surface area contributed by atoms with Crippen LogP contribution in [0.15, 0.2) is 9.42 Å². The normalized spacial score (nSPS) is 24.5. The van der Waals surface area contributed by atoms with E-state index in [4.69, 9.17) is 4.52 Å². The van der Waals surface area contributed by atoms with Gasteiger partial charge >= 0.3 is 0 Å². The van der Waals surface area contributed by atoms with E-state index in [0.717, 1.165) is 25.8 Å². The van der Waals surface area contributed by atoms with Crippen LogP contribution in [0.3, 0.4) is 0 Å². The molecule has 0 saturated carbocycles. The minimum atomic E-state index is -3.70. The van der Waals surface area contributed by atoms with Gasteiger partial charge in [0.1, 0.15) is 10.6 Å². The molecule has 8 nitrogen and oxygen atoms in total. The van der Waals surface area contributed by atoms with Crippen LogP contribution in [0.1, 0.15) is 37.1 Å². The van der Waals surface area contributed by atoms with Crippen molar-refractivity contribution in [1.29, 1.82) is 0 Å². The van der Waals surface area contributed by atoms with Crippen LogP contribution in [0.2, 0.25) is 0 Å². The molecule has 2 aliphatic heterocycles. The number of carbonyl (C=O) groups excluding carboxylic acids is 1. The molecule has 0 spiro atoms. The molecule has 2 aliphatic rings. The number of hydrogen-bond acceptors (Lipinski definition) is 6. The van der Waals surface area contributed by atoms with Gasteiger partial charge in [-0.2, -0.15) is 4.31 Å². The van der Waals surface area contributed by atoms with Gasteiger partial charge in [0.15, 0.2) is 5.76 Å². The Bertz CT molecular complexity index is 747. The lowest BCUT2D eigenvalue weighted by molar-refractivity contribution is -0.138. The van der Waals surface area contributed by atoms with Crippen molar-refractivity contribution in [3.8, 4) is 0 Å². The second-order valence-corrected chi connectivity index (χ2v) is 9.14. The van der Waals surface area contributed by atoms with Gasteiger partial charge in [0, 0.05) is 32.2 Å². The van der Waals surface area contributed by atoms with E-state index < -0.39 is 10.0 Å². The van der Waals surface area contributed by atoms with E-state index in [-0.39, 0.29) is 35.7 Å². The van der Waals surface area contributed by atoms with E-state index in [1.807, 2.05) is 11.9 Å². The lowest BCUT2D eigenvalue weighted by Crippen LogP contribution is -2.52. The number of carbonyl (C=O) groups is 1. The van der Waals surface area contributed by atoms with Crippen molar-refractivity contribution in [2.75, 3.05) is 33.2 Å². The monoisotopic (exact) mass is 420 g/mol. The summed E-state index contributed by atoms with van der Waals surface area (Å²) in [7, 11) is -1.78. The van der Waals surface area contributed by atoms with Crippen LogP contribution in [-0.2, 0) is 14.8 Å². The van der Waals surface area contributed by atoms with Gasteiger partial charge in [-0.05, 0) is 46.6 Å². The fourth-order valence-corrected chi connectivity index (χ4v) is 5.82. The lowest BCUT2D eigenvalue weighted by Gasteiger charge is -2.37. The van der Waals surface area contributed by atoms with Gasteiger partial charge in [-0.3, -0.25) is 4.79 Å². The molecule has 0 radical (unpaired) electrons. The number of likely N-dealkylation sites (N-methyl/N-ethyl adjacent to an activating group) is 1. The minimum absolute atomic E-state index is 0. The van der Waals surface area contributed by atoms with Crippen LogP contribution in [0.25, 0.3) is 0 Å². The molecule has 0 aliphatic carbocycles. The highest BCUT2D eigenvalue weighted by molar-refractivity contribution is 7.89. The average molecular weight is 421 g/mol. The largest absolute Gasteiger partial charge is 0.360 e. The molecule has 1 aromatic rings. The van der Waals surface area contributed by atoms with Gasteiger partial charge in [-0.1, -0.05) is 5.16 Å². The molecular weight excluding hydrogens is 392 g/mol. The Morgan fingerprint density at radius 1 is 1.19 bits per heavy atom. The van der Waals surface area contributed by atoms with Crippen LogP contribution in [-0.4, -0.2) is 68.0 Å². The molecule has 2 atom stereocenters. The highest BCUT2D eigenvalue weighted by atomic mass is 35.5. The number of rotatable bonds is 4. The Labute approximate surface area is 167 Å². The fourth-order valence-electron chi connectivity index (χ4n) is 4.01. The molecule has 1 N–H and O–H groups in total. The number of nitrogens with one attached hydrogen (secondary N) is 1. The predicted octanol–water partition coefficient (Wildman–Crippen LogP) is 1.32. The summed E-state index contributed by atoms with van der Waals surface area (Å²) in [6.07, 6.45) is 3.46. The zero-order chi connectivity index (χ0) is 18.9. The molecule has 1 amide bonds. The molecule has 2 unspecified atom stereocenters. The van der Waals surface area contributed by atoms with E-state index >= 15 is 0 Å². The van der Waals surface area contributed by atoms with Crippen LogP contribution in [0.4, 0.5) is 0 Å². The van der Waals surface area contributed by atoms with Crippen LogP contribution < -0.4 is 5.32 Å². The summed E-state index contributed by atoms with van der Waals surface area (Å²) in [6, 6.07) is 0.318. The zero-order valence-electron chi connectivity index (χ0n) is 16.1. The molecule has 27 heavy (non-hydrogen) atoms. The Balaban J connectivity index is 0.00000261. The lowest BCUT2D eigenvalue weighted by atomic mass is 9.96. The first kappa shape index (κ1) is 22.1. The molecule has 2 saturated heterocycles. The molecular formula is C17H29ClN4O4S. The summed E-state index contributed by atoms with van der Waals surface area (Å²) in [5.74, 6) is 0.0852. The molecule has 3 heterocycles. The van der Waals surface area contributed by atoms with Gasteiger partial charge in [-0.25, -0.2) is 8.42 Å². The Hall–Kier alpha value is -1.16. The summed E-state index contributed by atoms with van der Waals surface area (Å²) in [5.41, 5.74) is 0.365. The molecule has 1 aromatic heterocycles. The average Bonchev–Trinajstić information content (AvgIpc) is 3.00. The zero-order valence-corrected chi connectivity index (χ0v) is 17.7. The van der Waals surface area contributed by atoms with Crippen LogP contribution in [0.5, 0.6) is 0 Å². The third kappa shape index (κ3) is 4.47. The Morgan fingerprint density at radius 2 is 1.89 bits per heavy atom. The number of piperidine rings is 2. The van der Waals surface area contributed by atoms with Crippen LogP contribution in [0, 0.1) is 19.8 Å². The molecule has 0 bridgehead atoms. The maximum Gasteiger partial charge on any atom is 0.248 e. The summed E-state index contributed by atoms with van der Waals surface area (Å²) in [6.45, 7) is 5.33. The number of nitrogens with zero attached hydrogens (tertiary/aromatic N) is 3. The van der Waals surface area contributed by atoms with Gasteiger partial charge in [0.2, 0.25) is 15.9 Å². The maximum atomic E-state index is 13.0. The van der Waals surface area contributed by atoms with E-state index in [9.17, 15) is 13.2 Å². The standard InChI is InChI=1S/C17H28N4O4S.ClH/c1-12-16(13(2)25-19-12)26(23,24)21-9-4-6-14(10-21)17(22)20-8-5-7-15(11-20)18-3;/h14-15,18H,4-11H2,1-3H3;1H. The molecule has 3 rings (SSSR count). The summed E-state index contributed by atoms with van der Waals surface area (Å²) in [4.78, 5) is 15.0. The number of aromatic nitrogens is 1. The van der Waals surface area contributed by atoms with Gasteiger partial charge < -0.3 is 14.7 Å². The summed E-state index contributed by atoms with van der Waals surface area (Å²) < 4.78 is 32.5. The smallest absolute Gasteiger partial charge is 0.248 e. The highest BCUT2D eigenvalue weighted by Crippen LogP contribution is 2.29. The second kappa shape index (κ2) is 8.89. The van der Waals surface area contributed by atoms with Crippen molar-refractivity contribution < 1.29 is 17.7 Å². The van der Waals surface area contributed by atoms with E-state index in [1.54, 1.807) is 13.8 Å². The SMILES string of the molecule is CNC1CCCN(C(=O)C2CCCN(S(=O)(=O)c3c(C)noc3C)C2)C1.Cl.